The Morgan fingerprint density at radius 2 is 1.65 bits per heavy atom. The molecule has 0 heterocycles. The molecule has 0 fully saturated rings. The molecule has 0 aliphatic carbocycles. The van der Waals surface area contributed by atoms with E-state index in [1.807, 2.05) is 75.4 Å². The maximum Gasteiger partial charge on any atom is 0.426 e. The van der Waals surface area contributed by atoms with E-state index in [0.717, 1.165) is 10.0 Å². The van der Waals surface area contributed by atoms with Gasteiger partial charge in [-0.2, -0.15) is 0 Å². The van der Waals surface area contributed by atoms with Gasteiger partial charge in [0.2, 0.25) is 0 Å². The lowest BCUT2D eigenvalue weighted by atomic mass is 10.2. The van der Waals surface area contributed by atoms with Crippen molar-refractivity contribution in [3.05, 3.63) is 64.6 Å². The summed E-state index contributed by atoms with van der Waals surface area (Å²) in [6.07, 6.45) is -0.497. The molecule has 0 saturated heterocycles. The van der Waals surface area contributed by atoms with Crippen LogP contribution in [0.15, 0.2) is 59.1 Å². The Labute approximate surface area is 145 Å². The number of anilines is 1. The van der Waals surface area contributed by atoms with E-state index in [-0.39, 0.29) is 0 Å². The van der Waals surface area contributed by atoms with E-state index in [4.69, 9.17) is 4.74 Å². The molecule has 0 aliphatic heterocycles. The summed E-state index contributed by atoms with van der Waals surface area (Å²) in [4.78, 5) is 13.8. The largest absolute Gasteiger partial charge is 0.443 e. The van der Waals surface area contributed by atoms with Gasteiger partial charge >= 0.3 is 6.09 Å². The fourth-order valence-corrected chi connectivity index (χ4v) is 2.02. The lowest BCUT2D eigenvalue weighted by Gasteiger charge is -2.23. The molecule has 0 saturated carbocycles. The molecular formula is C19H18BrNO2. The zero-order valence-corrected chi connectivity index (χ0v) is 14.9. The molecule has 1 amide bonds. The molecule has 118 valence electrons. The van der Waals surface area contributed by atoms with Gasteiger partial charge in [-0.3, -0.25) is 0 Å². The fraction of sp³-hybridized carbons (Fsp3) is 0.211. The summed E-state index contributed by atoms with van der Waals surface area (Å²) in [6, 6.07) is 19.7. The zero-order chi connectivity index (χ0) is 16.9. The van der Waals surface area contributed by atoms with Gasteiger partial charge < -0.3 is 4.74 Å². The highest BCUT2D eigenvalue weighted by molar-refractivity contribution is 9.10. The smallest absolute Gasteiger partial charge is 0.426 e. The molecule has 0 aliphatic rings. The number of hydrogen-bond donors (Lipinski definition) is 0. The number of ether oxygens (including phenoxy) is 1. The van der Waals surface area contributed by atoms with Crippen molar-refractivity contribution in [1.82, 2.24) is 0 Å². The van der Waals surface area contributed by atoms with Gasteiger partial charge in [0, 0.05) is 16.1 Å². The number of rotatable bonds is 1. The molecule has 0 bridgehead atoms. The van der Waals surface area contributed by atoms with Crippen LogP contribution >= 0.6 is 15.9 Å². The summed E-state index contributed by atoms with van der Waals surface area (Å²) < 4.78 is 6.38. The molecule has 0 aromatic heterocycles. The Morgan fingerprint density at radius 3 is 2.22 bits per heavy atom. The second-order valence-electron chi connectivity index (χ2n) is 5.89. The minimum absolute atomic E-state index is 0.497. The first-order valence-corrected chi connectivity index (χ1v) is 8.00. The predicted molar refractivity (Wildman–Crippen MR) is 96.2 cm³/mol. The second-order valence-corrected chi connectivity index (χ2v) is 6.81. The maximum atomic E-state index is 12.5. The highest BCUT2D eigenvalue weighted by Crippen LogP contribution is 2.20. The van der Waals surface area contributed by atoms with Crippen LogP contribution in [-0.4, -0.2) is 11.7 Å². The van der Waals surface area contributed by atoms with Crippen molar-refractivity contribution < 1.29 is 9.53 Å². The summed E-state index contributed by atoms with van der Waals surface area (Å²) >= 11 is 3.39. The zero-order valence-electron chi connectivity index (χ0n) is 13.3. The minimum Gasteiger partial charge on any atom is -0.443 e. The van der Waals surface area contributed by atoms with Gasteiger partial charge in [-0.15, -0.1) is 0 Å². The van der Waals surface area contributed by atoms with Crippen molar-refractivity contribution in [2.75, 3.05) is 4.90 Å². The highest BCUT2D eigenvalue weighted by atomic mass is 79.9. The molecule has 0 spiro atoms. The average molecular weight is 372 g/mol. The maximum absolute atomic E-state index is 12.5. The van der Waals surface area contributed by atoms with E-state index in [9.17, 15) is 4.79 Å². The third-order valence-corrected chi connectivity index (χ3v) is 3.28. The number of carbonyl (C=O) groups excluding carboxylic acids is 1. The van der Waals surface area contributed by atoms with E-state index in [2.05, 4.69) is 27.9 Å². The molecule has 2 aromatic carbocycles. The Morgan fingerprint density at radius 1 is 1.04 bits per heavy atom. The number of carbonyl (C=O) groups is 1. The lowest BCUT2D eigenvalue weighted by Crippen LogP contribution is -2.33. The van der Waals surface area contributed by atoms with Crippen LogP contribution in [0.2, 0.25) is 0 Å². The Balaban J connectivity index is 2.33. The van der Waals surface area contributed by atoms with E-state index in [0.29, 0.717) is 5.69 Å². The molecule has 0 unspecified atom stereocenters. The summed E-state index contributed by atoms with van der Waals surface area (Å²) in [5, 5.41) is 0. The van der Waals surface area contributed by atoms with Crippen LogP contribution in [0.3, 0.4) is 0 Å². The standard InChI is InChI=1S/C19H18BrNO2/c1-19(2,3)23-18(22)21(17-11-9-16(20)10-12-17)14-13-15-7-5-4-6-8-15/h4-12H,1-3H3. The monoisotopic (exact) mass is 371 g/mol. The van der Waals surface area contributed by atoms with Crippen molar-refractivity contribution in [3.63, 3.8) is 0 Å². The van der Waals surface area contributed by atoms with Crippen molar-refractivity contribution in [1.29, 1.82) is 0 Å². The predicted octanol–water partition coefficient (Wildman–Crippen LogP) is 5.20. The van der Waals surface area contributed by atoms with Gasteiger partial charge in [0.15, 0.2) is 0 Å². The summed E-state index contributed by atoms with van der Waals surface area (Å²) in [5.74, 6) is 2.99. The molecule has 2 rings (SSSR count). The molecule has 0 N–H and O–H groups in total. The van der Waals surface area contributed by atoms with E-state index < -0.39 is 11.7 Å². The summed E-state index contributed by atoms with van der Waals surface area (Å²) in [6.45, 7) is 5.49. The van der Waals surface area contributed by atoms with Gasteiger partial charge in [-0.25, -0.2) is 9.69 Å². The minimum atomic E-state index is -0.584. The van der Waals surface area contributed by atoms with Crippen LogP contribution in [0.25, 0.3) is 0 Å². The molecule has 0 atom stereocenters. The van der Waals surface area contributed by atoms with Crippen LogP contribution in [-0.2, 0) is 4.74 Å². The van der Waals surface area contributed by atoms with Crippen molar-refractivity contribution in [2.45, 2.75) is 26.4 Å². The number of nitrogens with zero attached hydrogens (tertiary/aromatic N) is 1. The number of halogens is 1. The first-order valence-electron chi connectivity index (χ1n) is 7.20. The first kappa shape index (κ1) is 17.1. The number of amides is 1. The quantitative estimate of drug-likeness (QED) is 0.509. The molecule has 4 heteroatoms. The molecular weight excluding hydrogens is 354 g/mol. The van der Waals surface area contributed by atoms with Crippen LogP contribution in [0, 0.1) is 12.0 Å². The van der Waals surface area contributed by atoms with Crippen LogP contribution < -0.4 is 4.90 Å². The normalized spacial score (nSPS) is 10.4. The highest BCUT2D eigenvalue weighted by Gasteiger charge is 2.22. The van der Waals surface area contributed by atoms with Gasteiger partial charge in [0.1, 0.15) is 5.60 Å². The van der Waals surface area contributed by atoms with Gasteiger partial charge in [0.05, 0.1) is 5.69 Å². The summed E-state index contributed by atoms with van der Waals surface area (Å²) in [5.41, 5.74) is 0.906. The van der Waals surface area contributed by atoms with E-state index in [1.165, 1.54) is 4.90 Å². The van der Waals surface area contributed by atoms with Gasteiger partial charge in [-0.1, -0.05) is 34.1 Å². The van der Waals surface area contributed by atoms with Crippen LogP contribution in [0.5, 0.6) is 0 Å². The Bertz CT molecular complexity index is 722. The third kappa shape index (κ3) is 5.46. The number of benzene rings is 2. The van der Waals surface area contributed by atoms with Crippen LogP contribution in [0.1, 0.15) is 26.3 Å². The lowest BCUT2D eigenvalue weighted by molar-refractivity contribution is 0.0600. The molecule has 2 aromatic rings. The SMILES string of the molecule is CC(C)(C)OC(=O)N(C#Cc1ccccc1)c1ccc(Br)cc1. The third-order valence-electron chi connectivity index (χ3n) is 2.75. The topological polar surface area (TPSA) is 29.5 Å². The van der Waals surface area contributed by atoms with Gasteiger partial charge in [0.25, 0.3) is 0 Å². The fourth-order valence-electron chi connectivity index (χ4n) is 1.76. The average Bonchev–Trinajstić information content (AvgIpc) is 2.48. The van der Waals surface area contributed by atoms with Gasteiger partial charge in [-0.05, 0) is 63.1 Å². The summed E-state index contributed by atoms with van der Waals surface area (Å²) in [7, 11) is 0. The molecule has 0 radical (unpaired) electrons. The Kier molecular flexibility index (Phi) is 5.46. The molecule has 23 heavy (non-hydrogen) atoms. The van der Waals surface area contributed by atoms with Crippen molar-refractivity contribution in [2.24, 2.45) is 0 Å². The molecule has 3 nitrogen and oxygen atoms in total. The first-order chi connectivity index (χ1) is 10.8. The van der Waals surface area contributed by atoms with Crippen molar-refractivity contribution in [3.8, 4) is 12.0 Å². The van der Waals surface area contributed by atoms with E-state index in [1.54, 1.807) is 0 Å². The van der Waals surface area contributed by atoms with Crippen molar-refractivity contribution >= 4 is 27.7 Å². The van der Waals surface area contributed by atoms with Crippen LogP contribution in [0.4, 0.5) is 10.5 Å². The second kappa shape index (κ2) is 7.34. The number of hydrogen-bond acceptors (Lipinski definition) is 2. The Hall–Kier alpha value is -2.25. The van der Waals surface area contributed by atoms with E-state index >= 15 is 0 Å².